The number of carbonyl (C=O) groups excluding carboxylic acids is 1. The fourth-order valence-corrected chi connectivity index (χ4v) is 3.26. The highest BCUT2D eigenvalue weighted by Crippen LogP contribution is 2.22. The molecule has 1 aromatic heterocycles. The zero-order chi connectivity index (χ0) is 13.9. The van der Waals surface area contributed by atoms with Gasteiger partial charge in [-0.25, -0.2) is 0 Å². The highest BCUT2D eigenvalue weighted by atomic mass is 16.2. The van der Waals surface area contributed by atoms with Crippen LogP contribution in [0.25, 0.3) is 0 Å². The third-order valence-electron chi connectivity index (χ3n) is 4.44. The number of rotatable bonds is 2. The maximum absolute atomic E-state index is 12.5. The van der Waals surface area contributed by atoms with Gasteiger partial charge in [-0.3, -0.25) is 14.7 Å². The zero-order valence-corrected chi connectivity index (χ0v) is 11.8. The molecule has 3 heterocycles. The van der Waals surface area contributed by atoms with E-state index in [9.17, 15) is 4.79 Å². The van der Waals surface area contributed by atoms with Gasteiger partial charge in [-0.05, 0) is 38.4 Å². The largest absolute Gasteiger partial charge is 0.398 e. The Morgan fingerprint density at radius 1 is 1.25 bits per heavy atom. The normalized spacial score (nSPS) is 24.0. The first kappa shape index (κ1) is 13.4. The fourth-order valence-electron chi connectivity index (χ4n) is 3.26. The molecule has 5 heteroatoms. The number of amides is 1. The van der Waals surface area contributed by atoms with Crippen LogP contribution in [-0.4, -0.2) is 52.9 Å². The van der Waals surface area contributed by atoms with Gasteiger partial charge >= 0.3 is 0 Å². The molecule has 20 heavy (non-hydrogen) atoms. The van der Waals surface area contributed by atoms with Crippen LogP contribution in [0.1, 0.15) is 36.0 Å². The first-order chi connectivity index (χ1) is 9.75. The monoisotopic (exact) mass is 274 g/mol. The van der Waals surface area contributed by atoms with Crippen molar-refractivity contribution in [3.8, 4) is 0 Å². The standard InChI is InChI=1S/C15H22N4O/c16-14-4-6-17-10-13(14)15(20)19-9-5-12(11-19)18-7-2-1-3-8-18/h4,6,10,12H,1-3,5,7-9,11H2,(H2,16,17). The Balaban J connectivity index is 1.65. The van der Waals surface area contributed by atoms with Crippen molar-refractivity contribution in [1.82, 2.24) is 14.8 Å². The van der Waals surface area contributed by atoms with E-state index >= 15 is 0 Å². The predicted octanol–water partition coefficient (Wildman–Crippen LogP) is 1.36. The summed E-state index contributed by atoms with van der Waals surface area (Å²) in [6.07, 6.45) is 8.20. The summed E-state index contributed by atoms with van der Waals surface area (Å²) in [6, 6.07) is 2.21. The van der Waals surface area contributed by atoms with Crippen LogP contribution in [0.5, 0.6) is 0 Å². The highest BCUT2D eigenvalue weighted by Gasteiger charge is 2.31. The zero-order valence-electron chi connectivity index (χ0n) is 11.8. The molecule has 2 aliphatic rings. The van der Waals surface area contributed by atoms with Crippen molar-refractivity contribution in [2.75, 3.05) is 31.9 Å². The first-order valence-electron chi connectivity index (χ1n) is 7.48. The van der Waals surface area contributed by atoms with Crippen LogP contribution < -0.4 is 5.73 Å². The van der Waals surface area contributed by atoms with E-state index in [0.717, 1.165) is 19.5 Å². The summed E-state index contributed by atoms with van der Waals surface area (Å²) in [6.45, 7) is 4.02. The Morgan fingerprint density at radius 2 is 2.05 bits per heavy atom. The number of carbonyl (C=O) groups is 1. The van der Waals surface area contributed by atoms with E-state index in [1.165, 1.54) is 32.4 Å². The van der Waals surface area contributed by atoms with Crippen molar-refractivity contribution >= 4 is 11.6 Å². The summed E-state index contributed by atoms with van der Waals surface area (Å²) in [4.78, 5) is 21.0. The summed E-state index contributed by atoms with van der Waals surface area (Å²) < 4.78 is 0. The lowest BCUT2D eigenvalue weighted by Gasteiger charge is -2.32. The van der Waals surface area contributed by atoms with E-state index in [-0.39, 0.29) is 5.91 Å². The second kappa shape index (κ2) is 5.79. The number of hydrogen-bond donors (Lipinski definition) is 1. The van der Waals surface area contributed by atoms with E-state index in [1.807, 2.05) is 4.90 Å². The van der Waals surface area contributed by atoms with Crippen molar-refractivity contribution in [2.24, 2.45) is 0 Å². The van der Waals surface area contributed by atoms with Crippen molar-refractivity contribution in [1.29, 1.82) is 0 Å². The maximum Gasteiger partial charge on any atom is 0.257 e. The Hall–Kier alpha value is -1.62. The molecule has 0 aliphatic carbocycles. The summed E-state index contributed by atoms with van der Waals surface area (Å²) >= 11 is 0. The smallest absolute Gasteiger partial charge is 0.257 e. The number of pyridine rings is 1. The molecule has 3 rings (SSSR count). The van der Waals surface area contributed by atoms with Gasteiger partial charge in [0.15, 0.2) is 0 Å². The topological polar surface area (TPSA) is 62.5 Å². The van der Waals surface area contributed by atoms with E-state index in [0.29, 0.717) is 17.3 Å². The minimum atomic E-state index is 0.0232. The number of nitrogen functional groups attached to an aromatic ring is 1. The van der Waals surface area contributed by atoms with Gasteiger partial charge in [0.1, 0.15) is 0 Å². The van der Waals surface area contributed by atoms with Gasteiger partial charge in [0.25, 0.3) is 5.91 Å². The number of nitrogens with zero attached hydrogens (tertiary/aromatic N) is 3. The van der Waals surface area contributed by atoms with Crippen molar-refractivity contribution < 1.29 is 4.79 Å². The molecule has 1 atom stereocenters. The lowest BCUT2D eigenvalue weighted by Crippen LogP contribution is -2.41. The fraction of sp³-hybridized carbons (Fsp3) is 0.600. The maximum atomic E-state index is 12.5. The second-order valence-corrected chi connectivity index (χ2v) is 5.75. The van der Waals surface area contributed by atoms with Crippen LogP contribution in [0.15, 0.2) is 18.5 Å². The summed E-state index contributed by atoms with van der Waals surface area (Å²) in [7, 11) is 0. The van der Waals surface area contributed by atoms with Crippen LogP contribution in [0, 0.1) is 0 Å². The van der Waals surface area contributed by atoms with Crippen LogP contribution >= 0.6 is 0 Å². The summed E-state index contributed by atoms with van der Waals surface area (Å²) in [5.41, 5.74) is 6.92. The molecule has 108 valence electrons. The van der Waals surface area contributed by atoms with Gasteiger partial charge in [-0.1, -0.05) is 6.42 Å². The van der Waals surface area contributed by atoms with Crippen LogP contribution in [0.3, 0.4) is 0 Å². The summed E-state index contributed by atoms with van der Waals surface area (Å²) in [5.74, 6) is 0.0232. The molecular formula is C15H22N4O. The second-order valence-electron chi connectivity index (χ2n) is 5.75. The molecule has 0 saturated carbocycles. The summed E-state index contributed by atoms with van der Waals surface area (Å²) in [5, 5.41) is 0. The van der Waals surface area contributed by atoms with Crippen LogP contribution in [0.4, 0.5) is 5.69 Å². The van der Waals surface area contributed by atoms with Gasteiger partial charge < -0.3 is 10.6 Å². The van der Waals surface area contributed by atoms with E-state index in [4.69, 9.17) is 5.73 Å². The van der Waals surface area contributed by atoms with Gasteiger partial charge in [-0.2, -0.15) is 0 Å². The lowest BCUT2D eigenvalue weighted by molar-refractivity contribution is 0.0772. The number of hydrogen-bond acceptors (Lipinski definition) is 4. The molecule has 2 aliphatic heterocycles. The molecular weight excluding hydrogens is 252 g/mol. The first-order valence-corrected chi connectivity index (χ1v) is 7.48. The van der Waals surface area contributed by atoms with Gasteiger partial charge in [0.2, 0.25) is 0 Å². The Kier molecular flexibility index (Phi) is 3.87. The number of anilines is 1. The predicted molar refractivity (Wildman–Crippen MR) is 78.4 cm³/mol. The molecule has 1 aromatic rings. The number of piperidine rings is 1. The molecule has 5 nitrogen and oxygen atoms in total. The SMILES string of the molecule is Nc1ccncc1C(=O)N1CCC(N2CCCCC2)C1. The van der Waals surface area contributed by atoms with Crippen LogP contribution in [0.2, 0.25) is 0 Å². The Morgan fingerprint density at radius 3 is 2.80 bits per heavy atom. The average Bonchev–Trinajstić information content (AvgIpc) is 2.98. The minimum Gasteiger partial charge on any atom is -0.398 e. The van der Waals surface area contributed by atoms with E-state index < -0.39 is 0 Å². The van der Waals surface area contributed by atoms with Gasteiger partial charge in [0.05, 0.1) is 5.56 Å². The molecule has 1 amide bonds. The van der Waals surface area contributed by atoms with E-state index in [2.05, 4.69) is 9.88 Å². The molecule has 0 spiro atoms. The molecule has 1 unspecified atom stereocenters. The average molecular weight is 274 g/mol. The molecule has 2 saturated heterocycles. The van der Waals surface area contributed by atoms with Crippen molar-refractivity contribution in [3.63, 3.8) is 0 Å². The molecule has 0 aromatic carbocycles. The number of aromatic nitrogens is 1. The lowest BCUT2D eigenvalue weighted by atomic mass is 10.1. The van der Waals surface area contributed by atoms with Gasteiger partial charge in [-0.15, -0.1) is 0 Å². The third-order valence-corrected chi connectivity index (χ3v) is 4.44. The number of likely N-dealkylation sites (tertiary alicyclic amines) is 2. The third kappa shape index (κ3) is 2.63. The van der Waals surface area contributed by atoms with Gasteiger partial charge in [0, 0.05) is 37.2 Å². The Labute approximate surface area is 119 Å². The minimum absolute atomic E-state index is 0.0232. The molecule has 2 N–H and O–H groups in total. The quantitative estimate of drug-likeness (QED) is 0.884. The van der Waals surface area contributed by atoms with E-state index in [1.54, 1.807) is 18.5 Å². The molecule has 2 fully saturated rings. The Bertz CT molecular complexity index is 485. The highest BCUT2D eigenvalue weighted by molar-refractivity contribution is 5.98. The van der Waals surface area contributed by atoms with Crippen LogP contribution in [-0.2, 0) is 0 Å². The van der Waals surface area contributed by atoms with Crippen molar-refractivity contribution in [2.45, 2.75) is 31.7 Å². The molecule has 0 radical (unpaired) electrons. The molecule has 0 bridgehead atoms. The van der Waals surface area contributed by atoms with Crippen molar-refractivity contribution in [3.05, 3.63) is 24.0 Å². The number of nitrogens with two attached hydrogens (primary N) is 1.